The van der Waals surface area contributed by atoms with Crippen LogP contribution in [0.1, 0.15) is 39.2 Å². The first-order valence-electron chi connectivity index (χ1n) is 10.5. The van der Waals surface area contributed by atoms with Crippen LogP contribution in [0.5, 0.6) is 5.75 Å². The van der Waals surface area contributed by atoms with E-state index in [1.165, 1.54) is 7.11 Å². The van der Waals surface area contributed by atoms with Crippen molar-refractivity contribution in [2.75, 3.05) is 27.3 Å². The molecule has 1 saturated heterocycles. The standard InChI is InChI=1S/C23H32N2O6/c1-22(2,3)31-21(28)25-13-23(14-25)11-16(12-23)19(26)24-18(20(27)30-5)10-15-6-8-17(29-4)9-7-15/h6-9,16,18H,10-14H2,1-5H3,(H,24,26)/t18-/m0/s1. The molecule has 0 unspecified atom stereocenters. The zero-order valence-electron chi connectivity index (χ0n) is 18.9. The molecule has 1 aromatic carbocycles. The van der Waals surface area contributed by atoms with Gasteiger partial charge in [0.2, 0.25) is 5.91 Å². The number of methoxy groups -OCH3 is 2. The third-order valence-electron chi connectivity index (χ3n) is 5.83. The van der Waals surface area contributed by atoms with E-state index in [1.54, 1.807) is 12.0 Å². The number of benzene rings is 1. The Morgan fingerprint density at radius 1 is 1.13 bits per heavy atom. The monoisotopic (exact) mass is 432 g/mol. The first-order valence-corrected chi connectivity index (χ1v) is 10.5. The van der Waals surface area contributed by atoms with Gasteiger partial charge in [0, 0.05) is 30.8 Å². The van der Waals surface area contributed by atoms with Crippen LogP contribution in [-0.2, 0) is 25.5 Å². The van der Waals surface area contributed by atoms with Crippen LogP contribution in [0.2, 0.25) is 0 Å². The summed E-state index contributed by atoms with van der Waals surface area (Å²) in [7, 11) is 2.90. The molecule has 2 aliphatic rings. The number of hydrogen-bond acceptors (Lipinski definition) is 6. The quantitative estimate of drug-likeness (QED) is 0.695. The molecule has 8 heteroatoms. The second kappa shape index (κ2) is 8.77. The molecule has 1 aliphatic carbocycles. The molecular weight excluding hydrogens is 400 g/mol. The SMILES string of the molecule is COC(=O)[C@H](Cc1ccc(OC)cc1)NC(=O)C1CC2(C1)CN(C(=O)OC(C)(C)C)C2. The van der Waals surface area contributed by atoms with E-state index in [4.69, 9.17) is 14.2 Å². The number of likely N-dealkylation sites (tertiary alicyclic amines) is 1. The van der Waals surface area contributed by atoms with Gasteiger partial charge in [0.15, 0.2) is 0 Å². The average molecular weight is 433 g/mol. The average Bonchev–Trinajstić information content (AvgIpc) is 2.63. The number of amides is 2. The van der Waals surface area contributed by atoms with Crippen molar-refractivity contribution in [2.24, 2.45) is 11.3 Å². The second-order valence-electron chi connectivity index (χ2n) is 9.58. The third kappa shape index (κ3) is 5.48. The lowest BCUT2D eigenvalue weighted by Crippen LogP contribution is -2.66. The van der Waals surface area contributed by atoms with Crippen LogP contribution >= 0.6 is 0 Å². The fourth-order valence-electron chi connectivity index (χ4n) is 4.27. The molecule has 0 aromatic heterocycles. The fraction of sp³-hybridized carbons (Fsp3) is 0.609. The van der Waals surface area contributed by atoms with E-state index in [2.05, 4.69) is 5.32 Å². The number of carbonyl (C=O) groups excluding carboxylic acids is 3. The Bertz CT molecular complexity index is 815. The van der Waals surface area contributed by atoms with Crippen molar-refractivity contribution in [3.63, 3.8) is 0 Å². The van der Waals surface area contributed by atoms with E-state index in [1.807, 2.05) is 45.0 Å². The van der Waals surface area contributed by atoms with Crippen molar-refractivity contribution >= 4 is 18.0 Å². The Morgan fingerprint density at radius 2 is 1.74 bits per heavy atom. The van der Waals surface area contributed by atoms with E-state index >= 15 is 0 Å². The molecule has 2 amide bonds. The van der Waals surface area contributed by atoms with Gasteiger partial charge in [0.25, 0.3) is 0 Å². The van der Waals surface area contributed by atoms with Gasteiger partial charge < -0.3 is 24.4 Å². The van der Waals surface area contributed by atoms with Crippen molar-refractivity contribution in [3.8, 4) is 5.75 Å². The van der Waals surface area contributed by atoms with E-state index < -0.39 is 17.6 Å². The highest BCUT2D eigenvalue weighted by atomic mass is 16.6. The number of ether oxygens (including phenoxy) is 3. The Morgan fingerprint density at radius 3 is 2.26 bits per heavy atom. The Hall–Kier alpha value is -2.77. The van der Waals surface area contributed by atoms with E-state index in [-0.39, 0.29) is 23.3 Å². The molecule has 3 rings (SSSR count). The molecule has 1 aromatic rings. The fourth-order valence-corrected chi connectivity index (χ4v) is 4.27. The molecule has 0 bridgehead atoms. The summed E-state index contributed by atoms with van der Waals surface area (Å²) in [5.41, 5.74) is 0.373. The second-order valence-corrected chi connectivity index (χ2v) is 9.58. The maximum absolute atomic E-state index is 12.7. The Labute approximate surface area is 183 Å². The first kappa shape index (κ1) is 22.9. The van der Waals surface area contributed by atoms with Crippen LogP contribution in [-0.4, -0.2) is 61.8 Å². The smallest absolute Gasteiger partial charge is 0.410 e. The van der Waals surface area contributed by atoms with Crippen LogP contribution in [0, 0.1) is 11.3 Å². The normalized spacial score (nSPS) is 18.4. The van der Waals surface area contributed by atoms with Crippen LogP contribution < -0.4 is 10.1 Å². The molecular formula is C23H32N2O6. The van der Waals surface area contributed by atoms with E-state index in [0.29, 0.717) is 32.4 Å². The molecule has 1 heterocycles. The van der Waals surface area contributed by atoms with Gasteiger partial charge in [-0.25, -0.2) is 9.59 Å². The number of carbonyl (C=O) groups is 3. The minimum absolute atomic E-state index is 0.00431. The summed E-state index contributed by atoms with van der Waals surface area (Å²) in [6.45, 7) is 6.74. The van der Waals surface area contributed by atoms with Gasteiger partial charge in [-0.15, -0.1) is 0 Å². The summed E-state index contributed by atoms with van der Waals surface area (Å²) in [6, 6.07) is 6.60. The van der Waals surface area contributed by atoms with Crippen LogP contribution in [0.4, 0.5) is 4.79 Å². The van der Waals surface area contributed by atoms with Gasteiger partial charge in [0.1, 0.15) is 17.4 Å². The summed E-state index contributed by atoms with van der Waals surface area (Å²) in [5.74, 6) is -0.0601. The number of esters is 1. The minimum Gasteiger partial charge on any atom is -0.497 e. The summed E-state index contributed by atoms with van der Waals surface area (Å²) in [4.78, 5) is 38.7. The highest BCUT2D eigenvalue weighted by Gasteiger charge is 2.56. The van der Waals surface area contributed by atoms with Crippen molar-refractivity contribution in [2.45, 2.75) is 51.7 Å². The molecule has 8 nitrogen and oxygen atoms in total. The maximum Gasteiger partial charge on any atom is 0.410 e. The lowest BCUT2D eigenvalue weighted by molar-refractivity contribution is -0.150. The summed E-state index contributed by atoms with van der Waals surface area (Å²) in [6.07, 6.45) is 1.44. The lowest BCUT2D eigenvalue weighted by atomic mass is 9.57. The maximum atomic E-state index is 12.7. The van der Waals surface area contributed by atoms with Crippen LogP contribution in [0.15, 0.2) is 24.3 Å². The van der Waals surface area contributed by atoms with Gasteiger partial charge in [-0.1, -0.05) is 12.1 Å². The largest absolute Gasteiger partial charge is 0.497 e. The number of nitrogens with zero attached hydrogens (tertiary/aromatic N) is 1. The third-order valence-corrected chi connectivity index (χ3v) is 5.83. The zero-order chi connectivity index (χ0) is 22.8. The van der Waals surface area contributed by atoms with Crippen molar-refractivity contribution in [1.82, 2.24) is 10.2 Å². The molecule has 2 fully saturated rings. The molecule has 1 aliphatic heterocycles. The lowest BCUT2D eigenvalue weighted by Gasteiger charge is -2.58. The molecule has 1 saturated carbocycles. The molecule has 31 heavy (non-hydrogen) atoms. The minimum atomic E-state index is -0.748. The van der Waals surface area contributed by atoms with Gasteiger partial charge in [0.05, 0.1) is 14.2 Å². The first-order chi connectivity index (χ1) is 14.5. The summed E-state index contributed by atoms with van der Waals surface area (Å²) in [5, 5.41) is 2.85. The van der Waals surface area contributed by atoms with Crippen molar-refractivity contribution in [3.05, 3.63) is 29.8 Å². The van der Waals surface area contributed by atoms with E-state index in [9.17, 15) is 14.4 Å². The predicted molar refractivity (Wildman–Crippen MR) is 114 cm³/mol. The Kier molecular flexibility index (Phi) is 6.48. The van der Waals surface area contributed by atoms with Gasteiger partial charge in [-0.2, -0.15) is 0 Å². The topological polar surface area (TPSA) is 94.2 Å². The number of nitrogens with one attached hydrogen (secondary N) is 1. The molecule has 1 N–H and O–H groups in total. The Balaban J connectivity index is 1.50. The van der Waals surface area contributed by atoms with Crippen LogP contribution in [0.25, 0.3) is 0 Å². The molecule has 1 spiro atoms. The van der Waals surface area contributed by atoms with Gasteiger partial charge >= 0.3 is 12.1 Å². The summed E-state index contributed by atoms with van der Waals surface area (Å²) < 4.78 is 15.4. The zero-order valence-corrected chi connectivity index (χ0v) is 18.9. The van der Waals surface area contributed by atoms with Crippen molar-refractivity contribution < 1.29 is 28.6 Å². The highest BCUT2D eigenvalue weighted by Crippen LogP contribution is 2.52. The number of hydrogen-bond donors (Lipinski definition) is 1. The summed E-state index contributed by atoms with van der Waals surface area (Å²) >= 11 is 0. The number of rotatable bonds is 6. The van der Waals surface area contributed by atoms with Crippen molar-refractivity contribution in [1.29, 1.82) is 0 Å². The molecule has 170 valence electrons. The van der Waals surface area contributed by atoms with Crippen LogP contribution in [0.3, 0.4) is 0 Å². The highest BCUT2D eigenvalue weighted by molar-refractivity contribution is 5.86. The van der Waals surface area contributed by atoms with Gasteiger partial charge in [-0.3, -0.25) is 4.79 Å². The van der Waals surface area contributed by atoms with E-state index in [0.717, 1.165) is 11.3 Å². The van der Waals surface area contributed by atoms with Gasteiger partial charge in [-0.05, 0) is 51.3 Å². The molecule has 1 atom stereocenters. The molecule has 0 radical (unpaired) electrons. The predicted octanol–water partition coefficient (Wildman–Crippen LogP) is 2.54.